The largest absolute Gasteiger partial charge is 0.482 e. The van der Waals surface area contributed by atoms with E-state index < -0.39 is 5.97 Å². The Morgan fingerprint density at radius 3 is 2.50 bits per heavy atom. The third-order valence-corrected chi connectivity index (χ3v) is 3.62. The number of carbonyl (C=O) groups excluding carboxylic acids is 1. The van der Waals surface area contributed by atoms with E-state index in [9.17, 15) is 9.59 Å². The number of fused-ring (bicyclic) bond motifs is 1. The zero-order chi connectivity index (χ0) is 17.1. The Kier molecular flexibility index (Phi) is 4.74. The minimum atomic E-state index is -0.597. The van der Waals surface area contributed by atoms with E-state index in [1.807, 2.05) is 0 Å². The van der Waals surface area contributed by atoms with Crippen LogP contribution in [0, 0.1) is 0 Å². The molecule has 0 fully saturated rings. The first-order valence-corrected chi connectivity index (χ1v) is 7.58. The maximum absolute atomic E-state index is 11.8. The second kappa shape index (κ2) is 6.95. The van der Waals surface area contributed by atoms with Crippen LogP contribution in [0.15, 0.2) is 57.9 Å². The van der Waals surface area contributed by atoms with Gasteiger partial charge in [0.15, 0.2) is 6.61 Å². The molecule has 122 valence electrons. The molecule has 0 N–H and O–H groups in total. The van der Waals surface area contributed by atoms with Gasteiger partial charge in [0.25, 0.3) is 0 Å². The molecule has 0 saturated carbocycles. The van der Waals surface area contributed by atoms with Crippen LogP contribution in [-0.2, 0) is 4.79 Å². The SMILES string of the molecule is O=C(COc1ccc(Cl)cc1)Oc1ccc2c(=O)c(Cl)coc2c1. The van der Waals surface area contributed by atoms with E-state index in [0.717, 1.165) is 6.26 Å². The van der Waals surface area contributed by atoms with Crippen LogP contribution in [0.3, 0.4) is 0 Å². The Labute approximate surface area is 146 Å². The number of rotatable bonds is 4. The summed E-state index contributed by atoms with van der Waals surface area (Å²) in [5.41, 5.74) is -0.0739. The zero-order valence-corrected chi connectivity index (χ0v) is 13.6. The van der Waals surface area contributed by atoms with Crippen molar-refractivity contribution in [1.82, 2.24) is 0 Å². The molecule has 3 rings (SSSR count). The number of ether oxygens (including phenoxy) is 2. The normalized spacial score (nSPS) is 10.6. The minimum absolute atomic E-state index is 0.0105. The summed E-state index contributed by atoms with van der Waals surface area (Å²) in [6.07, 6.45) is 1.14. The van der Waals surface area contributed by atoms with Gasteiger partial charge in [0.2, 0.25) is 5.43 Å². The van der Waals surface area contributed by atoms with Crippen molar-refractivity contribution in [2.24, 2.45) is 0 Å². The molecule has 7 heteroatoms. The summed E-state index contributed by atoms with van der Waals surface area (Å²) in [6.45, 7) is -0.274. The highest BCUT2D eigenvalue weighted by Gasteiger charge is 2.10. The van der Waals surface area contributed by atoms with Crippen LogP contribution in [0.4, 0.5) is 0 Å². The van der Waals surface area contributed by atoms with E-state index in [4.69, 9.17) is 37.1 Å². The molecule has 5 nitrogen and oxygen atoms in total. The Balaban J connectivity index is 1.68. The number of carbonyl (C=O) groups is 1. The lowest BCUT2D eigenvalue weighted by atomic mass is 10.2. The summed E-state index contributed by atoms with van der Waals surface area (Å²) in [6, 6.07) is 11.0. The summed E-state index contributed by atoms with van der Waals surface area (Å²) in [4.78, 5) is 23.6. The van der Waals surface area contributed by atoms with Crippen LogP contribution >= 0.6 is 23.2 Å². The number of benzene rings is 2. The smallest absolute Gasteiger partial charge is 0.349 e. The fourth-order valence-corrected chi connectivity index (χ4v) is 2.25. The first-order valence-electron chi connectivity index (χ1n) is 6.83. The fourth-order valence-electron chi connectivity index (χ4n) is 1.98. The molecule has 1 aromatic heterocycles. The molecule has 0 bridgehead atoms. The number of hydrogen-bond donors (Lipinski definition) is 0. The molecule has 0 unspecified atom stereocenters. The fraction of sp³-hybridized carbons (Fsp3) is 0.0588. The molecule has 3 aromatic rings. The Bertz CT molecular complexity index is 947. The number of esters is 1. The average molecular weight is 365 g/mol. The second-order valence-electron chi connectivity index (χ2n) is 4.79. The first-order chi connectivity index (χ1) is 11.5. The standard InChI is InChI=1S/C17H10Cl2O5/c18-10-1-3-11(4-2-10)22-9-16(20)24-12-5-6-13-15(7-12)23-8-14(19)17(13)21/h1-8H,9H2. The molecular formula is C17H10Cl2O5. The average Bonchev–Trinajstić information content (AvgIpc) is 2.58. The van der Waals surface area contributed by atoms with Crippen LogP contribution in [0.25, 0.3) is 11.0 Å². The van der Waals surface area contributed by atoms with Gasteiger partial charge in [-0.05, 0) is 36.4 Å². The van der Waals surface area contributed by atoms with Crippen molar-refractivity contribution in [2.45, 2.75) is 0 Å². The predicted molar refractivity (Wildman–Crippen MR) is 90.1 cm³/mol. The van der Waals surface area contributed by atoms with Crippen LogP contribution in [0.1, 0.15) is 0 Å². The topological polar surface area (TPSA) is 65.7 Å². The molecule has 0 atom stereocenters. The van der Waals surface area contributed by atoms with Gasteiger partial charge in [0.1, 0.15) is 28.4 Å². The highest BCUT2D eigenvalue weighted by molar-refractivity contribution is 6.31. The van der Waals surface area contributed by atoms with Crippen molar-refractivity contribution in [3.05, 3.63) is 69.0 Å². The Hall–Kier alpha value is -2.50. The van der Waals surface area contributed by atoms with E-state index in [1.165, 1.54) is 18.2 Å². The molecule has 0 saturated heterocycles. The van der Waals surface area contributed by atoms with Crippen molar-refractivity contribution in [1.29, 1.82) is 0 Å². The lowest BCUT2D eigenvalue weighted by Crippen LogP contribution is -2.17. The lowest BCUT2D eigenvalue weighted by molar-refractivity contribution is -0.136. The van der Waals surface area contributed by atoms with Crippen molar-refractivity contribution in [3.8, 4) is 11.5 Å². The molecule has 0 aliphatic rings. The molecular weight excluding hydrogens is 355 g/mol. The van der Waals surface area contributed by atoms with E-state index in [0.29, 0.717) is 16.2 Å². The van der Waals surface area contributed by atoms with Crippen molar-refractivity contribution in [3.63, 3.8) is 0 Å². The molecule has 0 aliphatic heterocycles. The third kappa shape index (κ3) is 3.69. The summed E-state index contributed by atoms with van der Waals surface area (Å²) >= 11 is 11.5. The summed E-state index contributed by atoms with van der Waals surface area (Å²) < 4.78 is 15.7. The van der Waals surface area contributed by atoms with E-state index in [2.05, 4.69) is 0 Å². The second-order valence-corrected chi connectivity index (χ2v) is 5.63. The Morgan fingerprint density at radius 2 is 1.75 bits per heavy atom. The molecule has 0 radical (unpaired) electrons. The van der Waals surface area contributed by atoms with Gasteiger partial charge in [-0.25, -0.2) is 4.79 Å². The maximum atomic E-state index is 11.8. The van der Waals surface area contributed by atoms with Crippen LogP contribution in [0.2, 0.25) is 10.0 Å². The molecule has 2 aromatic carbocycles. The highest BCUT2D eigenvalue weighted by atomic mass is 35.5. The first kappa shape index (κ1) is 16.4. The van der Waals surface area contributed by atoms with Crippen LogP contribution < -0.4 is 14.9 Å². The molecule has 0 aliphatic carbocycles. The van der Waals surface area contributed by atoms with Gasteiger partial charge in [0, 0.05) is 11.1 Å². The van der Waals surface area contributed by atoms with E-state index in [1.54, 1.807) is 24.3 Å². The molecule has 0 spiro atoms. The van der Waals surface area contributed by atoms with Crippen LogP contribution in [-0.4, -0.2) is 12.6 Å². The monoisotopic (exact) mass is 364 g/mol. The highest BCUT2D eigenvalue weighted by Crippen LogP contribution is 2.21. The lowest BCUT2D eigenvalue weighted by Gasteiger charge is -2.07. The summed E-state index contributed by atoms with van der Waals surface area (Å²) in [5, 5.41) is 0.867. The van der Waals surface area contributed by atoms with Crippen LogP contribution in [0.5, 0.6) is 11.5 Å². The van der Waals surface area contributed by atoms with Gasteiger partial charge >= 0.3 is 5.97 Å². The van der Waals surface area contributed by atoms with Crippen molar-refractivity contribution < 1.29 is 18.7 Å². The molecule has 0 amide bonds. The van der Waals surface area contributed by atoms with E-state index >= 15 is 0 Å². The van der Waals surface area contributed by atoms with Crippen molar-refractivity contribution >= 4 is 40.1 Å². The van der Waals surface area contributed by atoms with Gasteiger partial charge in [0.05, 0.1) is 5.39 Å². The zero-order valence-electron chi connectivity index (χ0n) is 12.1. The van der Waals surface area contributed by atoms with Crippen molar-refractivity contribution in [2.75, 3.05) is 6.61 Å². The Morgan fingerprint density at radius 1 is 1.04 bits per heavy atom. The maximum Gasteiger partial charge on any atom is 0.349 e. The van der Waals surface area contributed by atoms with E-state index in [-0.39, 0.29) is 28.4 Å². The van der Waals surface area contributed by atoms with Gasteiger partial charge in [-0.1, -0.05) is 23.2 Å². The number of halogens is 2. The summed E-state index contributed by atoms with van der Waals surface area (Å²) in [7, 11) is 0. The van der Waals surface area contributed by atoms with Gasteiger partial charge in [-0.2, -0.15) is 0 Å². The number of hydrogen-bond acceptors (Lipinski definition) is 5. The summed E-state index contributed by atoms with van der Waals surface area (Å²) in [5.74, 6) is 0.133. The van der Waals surface area contributed by atoms with Gasteiger partial charge in [-0.15, -0.1) is 0 Å². The van der Waals surface area contributed by atoms with Gasteiger partial charge in [-0.3, -0.25) is 4.79 Å². The minimum Gasteiger partial charge on any atom is -0.482 e. The predicted octanol–water partition coefficient (Wildman–Crippen LogP) is 4.08. The molecule has 24 heavy (non-hydrogen) atoms. The van der Waals surface area contributed by atoms with Gasteiger partial charge < -0.3 is 13.9 Å². The third-order valence-electron chi connectivity index (χ3n) is 3.11. The quantitative estimate of drug-likeness (QED) is 0.515. The molecule has 1 heterocycles.